The number of piperazine rings is 1. The van der Waals surface area contributed by atoms with Crippen molar-refractivity contribution in [3.05, 3.63) is 35.9 Å². The number of nitrogens with zero attached hydrogens (tertiary/aromatic N) is 3. The Morgan fingerprint density at radius 1 is 0.889 bits per heavy atom. The number of piperidine rings is 2. The van der Waals surface area contributed by atoms with Gasteiger partial charge in [-0.1, -0.05) is 30.3 Å². The fourth-order valence-electron chi connectivity index (χ4n) is 5.66. The first-order chi connectivity index (χ1) is 16.1. The minimum absolute atomic E-state index is 0. The van der Waals surface area contributed by atoms with Gasteiger partial charge in [0.1, 0.15) is 5.78 Å². The molecule has 0 spiro atoms. The van der Waals surface area contributed by atoms with Crippen molar-refractivity contribution in [3.63, 3.8) is 0 Å². The van der Waals surface area contributed by atoms with Crippen molar-refractivity contribution in [3.8, 4) is 0 Å². The number of halogens is 3. The third-order valence-corrected chi connectivity index (χ3v) is 7.67. The zero-order chi connectivity index (χ0) is 23.0. The molecule has 3 aliphatic rings. The Labute approximate surface area is 234 Å². The van der Waals surface area contributed by atoms with Gasteiger partial charge in [0.2, 0.25) is 0 Å². The van der Waals surface area contributed by atoms with Crippen LogP contribution in [0.15, 0.2) is 30.3 Å². The molecule has 1 aromatic carbocycles. The molecule has 3 saturated heterocycles. The molecule has 3 heterocycles. The van der Waals surface area contributed by atoms with Crippen LogP contribution in [0.1, 0.15) is 44.6 Å². The molecule has 0 aliphatic carbocycles. The maximum atomic E-state index is 12.6. The molecule has 0 amide bonds. The highest BCUT2D eigenvalue weighted by Crippen LogP contribution is 2.27. The van der Waals surface area contributed by atoms with Crippen molar-refractivity contribution < 1.29 is 14.4 Å². The summed E-state index contributed by atoms with van der Waals surface area (Å²) >= 11 is 0. The van der Waals surface area contributed by atoms with Crippen LogP contribution in [0, 0.1) is 17.8 Å². The highest BCUT2D eigenvalue weighted by molar-refractivity contribution is 5.86. The van der Waals surface area contributed by atoms with Crippen LogP contribution in [-0.4, -0.2) is 79.2 Å². The first kappa shape index (κ1) is 33.1. The van der Waals surface area contributed by atoms with Gasteiger partial charge in [-0.15, -0.1) is 42.3 Å². The van der Waals surface area contributed by atoms with Gasteiger partial charge < -0.3 is 10.2 Å². The summed E-state index contributed by atoms with van der Waals surface area (Å²) in [5.74, 6) is 0.694. The smallest absolute Gasteiger partial charge is 0.325 e. The highest BCUT2D eigenvalue weighted by atomic mass is 35.5. The van der Waals surface area contributed by atoms with E-state index in [1.807, 2.05) is 0 Å². The van der Waals surface area contributed by atoms with Gasteiger partial charge in [-0.25, -0.2) is 10.0 Å². The molecule has 1 aromatic rings. The van der Waals surface area contributed by atoms with Gasteiger partial charge in [0, 0.05) is 45.2 Å². The van der Waals surface area contributed by atoms with E-state index in [-0.39, 0.29) is 67.2 Å². The molecule has 3 aliphatic heterocycles. The number of carbonyl (C=O) groups is 2. The second kappa shape index (κ2) is 16.8. The Balaban J connectivity index is 0.00000216. The lowest BCUT2D eigenvalue weighted by Crippen LogP contribution is -2.55. The molecule has 4 rings (SSSR count). The van der Waals surface area contributed by atoms with Gasteiger partial charge in [0.25, 0.3) is 0 Å². The number of ketones is 1. The molecule has 7 nitrogen and oxygen atoms in total. The van der Waals surface area contributed by atoms with E-state index in [0.717, 1.165) is 58.0 Å². The van der Waals surface area contributed by atoms with Gasteiger partial charge >= 0.3 is 5.97 Å². The van der Waals surface area contributed by atoms with Crippen LogP contribution >= 0.6 is 37.2 Å². The van der Waals surface area contributed by atoms with E-state index in [4.69, 9.17) is 4.84 Å². The van der Waals surface area contributed by atoms with E-state index >= 15 is 0 Å². The molecule has 0 aromatic heterocycles. The Kier molecular flexibility index (Phi) is 15.5. The maximum Gasteiger partial charge on any atom is 0.325 e. The Morgan fingerprint density at radius 2 is 1.47 bits per heavy atom. The number of hydroxylamine groups is 2. The number of nitrogens with one attached hydrogen (secondary N) is 1. The minimum Gasteiger partial charge on any atom is -0.368 e. The predicted molar refractivity (Wildman–Crippen MR) is 150 cm³/mol. The van der Waals surface area contributed by atoms with Crippen molar-refractivity contribution in [2.75, 3.05) is 52.4 Å². The van der Waals surface area contributed by atoms with Crippen LogP contribution in [0.3, 0.4) is 0 Å². The lowest BCUT2D eigenvalue weighted by Gasteiger charge is -2.43. The van der Waals surface area contributed by atoms with Gasteiger partial charge in [-0.05, 0) is 69.5 Å². The third kappa shape index (κ3) is 9.75. The Morgan fingerprint density at radius 3 is 2.06 bits per heavy atom. The topological polar surface area (TPSA) is 65.1 Å². The summed E-state index contributed by atoms with van der Waals surface area (Å²) < 4.78 is 0. The summed E-state index contributed by atoms with van der Waals surface area (Å²) in [4.78, 5) is 30.4. The van der Waals surface area contributed by atoms with Crippen LogP contribution in [0.4, 0.5) is 0 Å². The van der Waals surface area contributed by atoms with E-state index in [1.165, 1.54) is 24.8 Å². The normalized spacial score (nSPS) is 21.4. The molecule has 3 fully saturated rings. The molecule has 36 heavy (non-hydrogen) atoms. The number of hydrazine groups is 1. The number of rotatable bonds is 8. The first-order valence-corrected chi connectivity index (χ1v) is 12.8. The number of Topliss-reactive ketones (excluding diaryl/α,β-unsaturated/α-hetero) is 1. The van der Waals surface area contributed by atoms with Gasteiger partial charge in [0.15, 0.2) is 0 Å². The number of hydrogen-bond donors (Lipinski definition) is 1. The summed E-state index contributed by atoms with van der Waals surface area (Å²) in [6.45, 7) is 8.86. The lowest BCUT2D eigenvalue weighted by atomic mass is 9.80. The summed E-state index contributed by atoms with van der Waals surface area (Å²) in [7, 11) is 0. The van der Waals surface area contributed by atoms with Crippen molar-refractivity contribution >= 4 is 49.0 Å². The second-order valence-electron chi connectivity index (χ2n) is 9.94. The standard InChI is InChI=1S/C26H40N4O3.3ClH/c1-21(31)25(24-7-11-27-12-8-24)20-26(32)33-30-17-15-29(16-18-30)28-13-9-23(10-14-28)19-22-5-3-2-4-6-22;;;/h2-6,23-25,27H,7-20H2,1H3;3*1H. The summed E-state index contributed by atoms with van der Waals surface area (Å²) in [6.07, 6.45) is 5.75. The molecule has 10 heteroatoms. The highest BCUT2D eigenvalue weighted by Gasteiger charge is 2.32. The van der Waals surface area contributed by atoms with E-state index in [9.17, 15) is 9.59 Å². The van der Waals surface area contributed by atoms with Crippen molar-refractivity contribution in [1.82, 2.24) is 20.4 Å². The van der Waals surface area contributed by atoms with Gasteiger partial charge in [-0.2, -0.15) is 0 Å². The van der Waals surface area contributed by atoms with Gasteiger partial charge in [0.05, 0.1) is 6.42 Å². The summed E-state index contributed by atoms with van der Waals surface area (Å²) in [5, 5.41) is 10.0. The van der Waals surface area contributed by atoms with Crippen LogP contribution in [0.5, 0.6) is 0 Å². The van der Waals surface area contributed by atoms with Crippen LogP contribution in [0.25, 0.3) is 0 Å². The Bertz CT molecular complexity index is 767. The van der Waals surface area contributed by atoms with Crippen molar-refractivity contribution in [2.24, 2.45) is 17.8 Å². The first-order valence-electron chi connectivity index (χ1n) is 12.8. The summed E-state index contributed by atoms with van der Waals surface area (Å²) in [5.41, 5.74) is 1.44. The average Bonchev–Trinajstić information content (AvgIpc) is 2.85. The largest absolute Gasteiger partial charge is 0.368 e. The molecule has 0 saturated carbocycles. The fourth-order valence-corrected chi connectivity index (χ4v) is 5.66. The predicted octanol–water partition coefficient (Wildman–Crippen LogP) is 3.79. The quantitative estimate of drug-likeness (QED) is 0.514. The molecule has 0 bridgehead atoms. The van der Waals surface area contributed by atoms with Crippen LogP contribution in [-0.2, 0) is 20.8 Å². The number of hydrogen-bond acceptors (Lipinski definition) is 7. The molecule has 1 unspecified atom stereocenters. The molecule has 0 radical (unpaired) electrons. The molecule has 206 valence electrons. The van der Waals surface area contributed by atoms with Crippen molar-refractivity contribution in [2.45, 2.75) is 45.4 Å². The fraction of sp³-hybridized carbons (Fsp3) is 0.692. The molecular formula is C26H43Cl3N4O3. The Hall–Kier alpha value is -0.930. The average molecular weight is 566 g/mol. The summed E-state index contributed by atoms with van der Waals surface area (Å²) in [6, 6.07) is 10.8. The SMILES string of the molecule is CC(=O)C(CC(=O)ON1CCN(N2CCC(Cc3ccccc3)CC2)CC1)C1CCNCC1.Cl.Cl.Cl. The lowest BCUT2D eigenvalue weighted by molar-refractivity contribution is -0.209. The molecular weight excluding hydrogens is 523 g/mol. The van der Waals surface area contributed by atoms with E-state index < -0.39 is 0 Å². The van der Waals surface area contributed by atoms with E-state index in [0.29, 0.717) is 13.1 Å². The number of carbonyl (C=O) groups excluding carboxylic acids is 2. The van der Waals surface area contributed by atoms with Gasteiger partial charge in [-0.3, -0.25) is 9.59 Å². The zero-order valence-electron chi connectivity index (χ0n) is 21.3. The van der Waals surface area contributed by atoms with Crippen LogP contribution in [0.2, 0.25) is 0 Å². The number of benzene rings is 1. The zero-order valence-corrected chi connectivity index (χ0v) is 23.8. The second-order valence-corrected chi connectivity index (χ2v) is 9.94. The van der Waals surface area contributed by atoms with E-state index in [1.54, 1.807) is 12.0 Å². The minimum atomic E-state index is -0.260. The molecule has 1 atom stereocenters. The van der Waals surface area contributed by atoms with Crippen LogP contribution < -0.4 is 5.32 Å². The molecule has 1 N–H and O–H groups in total. The van der Waals surface area contributed by atoms with Crippen molar-refractivity contribution in [1.29, 1.82) is 0 Å². The monoisotopic (exact) mass is 564 g/mol. The third-order valence-electron chi connectivity index (χ3n) is 7.67. The maximum absolute atomic E-state index is 12.6. The van der Waals surface area contributed by atoms with E-state index in [2.05, 4.69) is 45.7 Å².